The number of anilines is 1. The van der Waals surface area contributed by atoms with Gasteiger partial charge in [-0.15, -0.1) is 0 Å². The van der Waals surface area contributed by atoms with Crippen LogP contribution in [0, 0.1) is 10.1 Å². The summed E-state index contributed by atoms with van der Waals surface area (Å²) >= 11 is 3.21. The molecule has 1 amide bonds. The largest absolute Gasteiger partial charge is 0.481 e. The van der Waals surface area contributed by atoms with E-state index in [0.29, 0.717) is 23.0 Å². The summed E-state index contributed by atoms with van der Waals surface area (Å²) in [4.78, 5) is 34.9. The fourth-order valence-corrected chi connectivity index (χ4v) is 2.94. The van der Waals surface area contributed by atoms with Crippen LogP contribution in [0.25, 0.3) is 0 Å². The lowest BCUT2D eigenvalue weighted by Gasteiger charge is -2.21. The molecule has 1 atom stereocenters. The van der Waals surface area contributed by atoms with E-state index in [1.165, 1.54) is 11.0 Å². The van der Waals surface area contributed by atoms with Crippen LogP contribution >= 0.6 is 15.9 Å². The molecule has 118 valence electrons. The third-order valence-corrected chi connectivity index (χ3v) is 3.92. The number of nitrogens with two attached hydrogens (primary N) is 1. The number of carbonyl (C=O) groups is 2. The van der Waals surface area contributed by atoms with Crippen LogP contribution in [-0.4, -0.2) is 34.5 Å². The van der Waals surface area contributed by atoms with Crippen molar-refractivity contribution in [2.24, 2.45) is 5.73 Å². The summed E-state index contributed by atoms with van der Waals surface area (Å²) < 4.78 is 0.572. The second-order valence-electron chi connectivity index (χ2n) is 4.97. The number of amides is 1. The maximum atomic E-state index is 12.4. The lowest BCUT2D eigenvalue weighted by atomic mass is 10.1. The van der Waals surface area contributed by atoms with Crippen molar-refractivity contribution < 1.29 is 19.6 Å². The van der Waals surface area contributed by atoms with Gasteiger partial charge in [0, 0.05) is 23.5 Å². The van der Waals surface area contributed by atoms with Crippen molar-refractivity contribution in [3.8, 4) is 0 Å². The molecule has 0 saturated carbocycles. The van der Waals surface area contributed by atoms with Crippen molar-refractivity contribution in [3.63, 3.8) is 0 Å². The van der Waals surface area contributed by atoms with Gasteiger partial charge in [0.2, 0.25) is 5.91 Å². The number of nitrogens with zero attached hydrogens (tertiary/aromatic N) is 2. The Morgan fingerprint density at radius 3 is 2.77 bits per heavy atom. The normalized spacial score (nSPS) is 14.5. The molecule has 1 aliphatic heterocycles. The predicted molar refractivity (Wildman–Crippen MR) is 81.7 cm³/mol. The van der Waals surface area contributed by atoms with Crippen molar-refractivity contribution in [2.75, 3.05) is 11.4 Å². The van der Waals surface area contributed by atoms with Crippen molar-refractivity contribution in [2.45, 2.75) is 25.3 Å². The third-order valence-electron chi connectivity index (χ3n) is 3.46. The number of carboxylic acid groups (broad SMARTS) is 1. The summed E-state index contributed by atoms with van der Waals surface area (Å²) in [6, 6.07) is 2.08. The number of benzene rings is 1. The topological polar surface area (TPSA) is 127 Å². The average Bonchev–Trinajstić information content (AvgIpc) is 2.86. The van der Waals surface area contributed by atoms with E-state index in [2.05, 4.69) is 15.9 Å². The molecule has 1 aliphatic rings. The van der Waals surface area contributed by atoms with Crippen molar-refractivity contribution in [1.82, 2.24) is 0 Å². The molecule has 0 unspecified atom stereocenters. The van der Waals surface area contributed by atoms with Gasteiger partial charge in [0.05, 0.1) is 11.0 Å². The van der Waals surface area contributed by atoms with Crippen molar-refractivity contribution in [3.05, 3.63) is 32.3 Å². The van der Waals surface area contributed by atoms with Gasteiger partial charge in [-0.1, -0.05) is 15.9 Å². The highest BCUT2D eigenvalue weighted by atomic mass is 79.9. The lowest BCUT2D eigenvalue weighted by molar-refractivity contribution is -0.384. The zero-order valence-corrected chi connectivity index (χ0v) is 13.1. The molecule has 1 heterocycles. The van der Waals surface area contributed by atoms with Gasteiger partial charge in [0.15, 0.2) is 0 Å². The number of fused-ring (bicyclic) bond motifs is 1. The van der Waals surface area contributed by atoms with Crippen LogP contribution in [0.15, 0.2) is 16.6 Å². The Bertz CT molecular complexity index is 649. The number of rotatable bonds is 5. The summed E-state index contributed by atoms with van der Waals surface area (Å²) in [5, 5.41) is 19.8. The van der Waals surface area contributed by atoms with Gasteiger partial charge in [-0.2, -0.15) is 0 Å². The Morgan fingerprint density at radius 1 is 1.50 bits per heavy atom. The number of carbonyl (C=O) groups excluding carboxylic acids is 1. The number of carboxylic acids is 1. The fraction of sp³-hybridized carbons (Fsp3) is 0.385. The van der Waals surface area contributed by atoms with Gasteiger partial charge < -0.3 is 15.7 Å². The molecule has 0 aromatic heterocycles. The van der Waals surface area contributed by atoms with Gasteiger partial charge in [-0.3, -0.25) is 19.7 Å². The van der Waals surface area contributed by atoms with Crippen LogP contribution in [0.1, 0.15) is 18.4 Å². The first-order valence-corrected chi connectivity index (χ1v) is 7.36. The van der Waals surface area contributed by atoms with Crippen LogP contribution in [0.2, 0.25) is 0 Å². The van der Waals surface area contributed by atoms with Crippen LogP contribution < -0.4 is 10.6 Å². The highest BCUT2D eigenvalue weighted by Crippen LogP contribution is 2.39. The van der Waals surface area contributed by atoms with Crippen LogP contribution in [0.4, 0.5) is 11.4 Å². The molecular formula is C13H14BrN3O5. The molecule has 9 heteroatoms. The van der Waals surface area contributed by atoms with Gasteiger partial charge in [0.25, 0.3) is 5.69 Å². The standard InChI is InChI=1S/C13H14BrN3O5/c14-8-5-7-3-4-16(12(7)10(6-8)17(21)22)13(20)9(15)1-2-11(18)19/h5-6,9H,1-4,15H2,(H,18,19)/t9-/m0/s1. The van der Waals surface area contributed by atoms with Gasteiger partial charge in [-0.05, 0) is 24.5 Å². The fourth-order valence-electron chi connectivity index (χ4n) is 2.45. The Kier molecular flexibility index (Phi) is 4.77. The smallest absolute Gasteiger partial charge is 0.303 e. The molecule has 0 bridgehead atoms. The maximum absolute atomic E-state index is 12.4. The Labute approximate surface area is 134 Å². The van der Waals surface area contributed by atoms with E-state index in [9.17, 15) is 19.7 Å². The molecule has 3 N–H and O–H groups in total. The molecule has 8 nitrogen and oxygen atoms in total. The SMILES string of the molecule is N[C@@H](CCC(=O)O)C(=O)N1CCc2cc(Br)cc([N+](=O)[O-])c21. The summed E-state index contributed by atoms with van der Waals surface area (Å²) in [5.74, 6) is -1.54. The molecular weight excluding hydrogens is 358 g/mol. The molecule has 22 heavy (non-hydrogen) atoms. The van der Waals surface area contributed by atoms with Crippen molar-refractivity contribution in [1.29, 1.82) is 0 Å². The zero-order valence-electron chi connectivity index (χ0n) is 11.5. The lowest BCUT2D eigenvalue weighted by Crippen LogP contribution is -2.43. The minimum Gasteiger partial charge on any atom is -0.481 e. The Hall–Kier alpha value is -2.00. The van der Waals surface area contributed by atoms with E-state index in [1.807, 2.05) is 0 Å². The molecule has 0 aliphatic carbocycles. The third kappa shape index (κ3) is 3.25. The molecule has 1 aromatic rings. The quantitative estimate of drug-likeness (QED) is 0.595. The zero-order chi connectivity index (χ0) is 16.4. The van der Waals surface area contributed by atoms with Crippen LogP contribution in [0.3, 0.4) is 0 Å². The van der Waals surface area contributed by atoms with E-state index in [-0.39, 0.29) is 24.2 Å². The van der Waals surface area contributed by atoms with Crippen LogP contribution in [-0.2, 0) is 16.0 Å². The van der Waals surface area contributed by atoms with Gasteiger partial charge >= 0.3 is 5.97 Å². The second-order valence-corrected chi connectivity index (χ2v) is 5.88. The maximum Gasteiger partial charge on any atom is 0.303 e. The first-order valence-electron chi connectivity index (χ1n) is 6.57. The van der Waals surface area contributed by atoms with E-state index < -0.39 is 22.8 Å². The highest BCUT2D eigenvalue weighted by Gasteiger charge is 2.34. The minimum atomic E-state index is -1.04. The van der Waals surface area contributed by atoms with E-state index in [1.54, 1.807) is 6.07 Å². The molecule has 1 aromatic carbocycles. The number of nitro benzene ring substituents is 1. The number of aliphatic carboxylic acids is 1. The summed E-state index contributed by atoms with van der Waals surface area (Å²) in [7, 11) is 0. The first kappa shape index (κ1) is 16.4. The monoisotopic (exact) mass is 371 g/mol. The number of hydrogen-bond donors (Lipinski definition) is 2. The Morgan fingerprint density at radius 2 is 2.18 bits per heavy atom. The molecule has 0 saturated heterocycles. The number of halogens is 1. The first-order chi connectivity index (χ1) is 10.3. The highest BCUT2D eigenvalue weighted by molar-refractivity contribution is 9.10. The summed E-state index contributed by atoms with van der Waals surface area (Å²) in [6.45, 7) is 0.298. The molecule has 2 rings (SSSR count). The molecule has 0 radical (unpaired) electrons. The number of nitro groups is 1. The summed E-state index contributed by atoms with van der Waals surface area (Å²) in [6.07, 6.45) is 0.257. The van der Waals surface area contributed by atoms with E-state index >= 15 is 0 Å². The Balaban J connectivity index is 2.29. The minimum absolute atomic E-state index is 0.00960. The van der Waals surface area contributed by atoms with E-state index in [0.717, 1.165) is 0 Å². The summed E-state index contributed by atoms with van der Waals surface area (Å²) in [5.41, 5.74) is 6.51. The van der Waals surface area contributed by atoms with Crippen molar-refractivity contribution >= 4 is 39.2 Å². The molecule has 0 spiro atoms. The van der Waals surface area contributed by atoms with Gasteiger partial charge in [0.1, 0.15) is 5.69 Å². The van der Waals surface area contributed by atoms with E-state index in [4.69, 9.17) is 10.8 Å². The van der Waals surface area contributed by atoms with Crippen LogP contribution in [0.5, 0.6) is 0 Å². The predicted octanol–water partition coefficient (Wildman–Crippen LogP) is 1.44. The average molecular weight is 372 g/mol. The molecule has 0 fully saturated rings. The second kappa shape index (κ2) is 6.41. The number of hydrogen-bond acceptors (Lipinski definition) is 5. The van der Waals surface area contributed by atoms with Gasteiger partial charge in [-0.25, -0.2) is 0 Å².